The van der Waals surface area contributed by atoms with Gasteiger partial charge in [0.25, 0.3) is 0 Å². The molecule has 0 saturated carbocycles. The van der Waals surface area contributed by atoms with E-state index >= 15 is 0 Å². The van der Waals surface area contributed by atoms with Gasteiger partial charge in [-0.3, -0.25) is 4.98 Å². The van der Waals surface area contributed by atoms with Crippen molar-refractivity contribution in [1.29, 1.82) is 0 Å². The van der Waals surface area contributed by atoms with Crippen molar-refractivity contribution < 1.29 is 13.2 Å². The molecule has 1 heterocycles. The average Bonchev–Trinajstić information content (AvgIpc) is 2.30. The predicted octanol–water partition coefficient (Wildman–Crippen LogP) is 0.438. The maximum atomic E-state index is 11.8. The van der Waals surface area contributed by atoms with Crippen LogP contribution < -0.4 is 10.0 Å². The van der Waals surface area contributed by atoms with Gasteiger partial charge in [-0.15, -0.1) is 0 Å². The predicted molar refractivity (Wildman–Crippen MR) is 65.5 cm³/mol. The molecule has 0 unspecified atom stereocenters. The zero-order valence-corrected chi connectivity index (χ0v) is 10.8. The first-order valence-corrected chi connectivity index (χ1v) is 6.76. The quantitative estimate of drug-likeness (QED) is 0.694. The molecule has 0 aliphatic carbocycles. The summed E-state index contributed by atoms with van der Waals surface area (Å²) in [6.45, 7) is 3.21. The topological polar surface area (TPSA) is 80.3 Å². The van der Waals surface area contributed by atoms with Crippen LogP contribution in [0.15, 0.2) is 23.4 Å². The fraction of sp³-hybridized carbons (Fsp3) is 0.500. The highest BCUT2D eigenvalue weighted by Gasteiger charge is 2.14. The second kappa shape index (κ2) is 6.53. The number of nitrogens with one attached hydrogen (secondary N) is 2. The Morgan fingerprint density at radius 3 is 2.82 bits per heavy atom. The molecular weight excluding hydrogens is 242 g/mol. The van der Waals surface area contributed by atoms with Gasteiger partial charge >= 0.3 is 0 Å². The van der Waals surface area contributed by atoms with Crippen LogP contribution in [-0.4, -0.2) is 40.2 Å². The summed E-state index contributed by atoms with van der Waals surface area (Å²) in [7, 11) is -1.99. The summed E-state index contributed by atoms with van der Waals surface area (Å²) in [6.07, 6.45) is 2.90. The Bertz CT molecular complexity index is 448. The van der Waals surface area contributed by atoms with Crippen molar-refractivity contribution in [3.63, 3.8) is 0 Å². The van der Waals surface area contributed by atoms with E-state index in [2.05, 4.69) is 15.0 Å². The maximum absolute atomic E-state index is 11.8. The van der Waals surface area contributed by atoms with E-state index in [9.17, 15) is 8.42 Å². The fourth-order valence-electron chi connectivity index (χ4n) is 1.23. The molecular formula is C10H17N3O3S. The minimum absolute atomic E-state index is 0.145. The summed E-state index contributed by atoms with van der Waals surface area (Å²) >= 11 is 0. The summed E-state index contributed by atoms with van der Waals surface area (Å²) < 4.78 is 30.9. The Kier molecular flexibility index (Phi) is 5.33. The van der Waals surface area contributed by atoms with Gasteiger partial charge in [0.1, 0.15) is 4.90 Å². The fourth-order valence-corrected chi connectivity index (χ4v) is 2.23. The number of sulfonamides is 1. The molecule has 17 heavy (non-hydrogen) atoms. The van der Waals surface area contributed by atoms with Gasteiger partial charge in [0.05, 0.1) is 18.5 Å². The highest BCUT2D eigenvalue weighted by Crippen LogP contribution is 2.12. The third kappa shape index (κ3) is 4.29. The zero-order valence-electron chi connectivity index (χ0n) is 9.93. The van der Waals surface area contributed by atoms with Crippen LogP contribution in [0.5, 0.6) is 0 Å². The number of hydrogen-bond acceptors (Lipinski definition) is 5. The van der Waals surface area contributed by atoms with E-state index in [1.54, 1.807) is 12.3 Å². The number of aromatic nitrogens is 1. The SMILES string of the molecule is CCNc1cncc(S(=O)(=O)NCCOC)c1. The second-order valence-corrected chi connectivity index (χ2v) is 5.10. The second-order valence-electron chi connectivity index (χ2n) is 3.33. The molecule has 0 bridgehead atoms. The Morgan fingerprint density at radius 2 is 2.18 bits per heavy atom. The van der Waals surface area contributed by atoms with Crippen LogP contribution in [-0.2, 0) is 14.8 Å². The van der Waals surface area contributed by atoms with Gasteiger partial charge in [-0.05, 0) is 13.0 Å². The molecule has 0 atom stereocenters. The molecule has 96 valence electrons. The lowest BCUT2D eigenvalue weighted by atomic mass is 10.4. The summed E-state index contributed by atoms with van der Waals surface area (Å²) in [6, 6.07) is 1.55. The highest BCUT2D eigenvalue weighted by molar-refractivity contribution is 7.89. The number of pyridine rings is 1. The number of rotatable bonds is 7. The monoisotopic (exact) mass is 259 g/mol. The van der Waals surface area contributed by atoms with Crippen molar-refractivity contribution in [1.82, 2.24) is 9.71 Å². The Balaban J connectivity index is 2.79. The smallest absolute Gasteiger partial charge is 0.242 e. The molecule has 1 aromatic rings. The van der Waals surface area contributed by atoms with Gasteiger partial charge < -0.3 is 10.1 Å². The molecule has 0 aliphatic heterocycles. The van der Waals surface area contributed by atoms with E-state index in [1.807, 2.05) is 6.92 Å². The first-order chi connectivity index (χ1) is 8.10. The van der Waals surface area contributed by atoms with E-state index in [-0.39, 0.29) is 11.4 Å². The molecule has 1 aromatic heterocycles. The lowest BCUT2D eigenvalue weighted by Gasteiger charge is -2.08. The summed E-state index contributed by atoms with van der Waals surface area (Å²) in [5.74, 6) is 0. The maximum Gasteiger partial charge on any atom is 0.242 e. The first-order valence-electron chi connectivity index (χ1n) is 5.27. The van der Waals surface area contributed by atoms with Gasteiger partial charge in [-0.2, -0.15) is 0 Å². The number of methoxy groups -OCH3 is 1. The van der Waals surface area contributed by atoms with Crippen LogP contribution in [0.4, 0.5) is 5.69 Å². The average molecular weight is 259 g/mol. The molecule has 0 aliphatic rings. The molecule has 0 amide bonds. The third-order valence-electron chi connectivity index (χ3n) is 2.00. The van der Waals surface area contributed by atoms with Crippen molar-refractivity contribution in [3.05, 3.63) is 18.5 Å². The summed E-state index contributed by atoms with van der Waals surface area (Å²) in [5.41, 5.74) is 0.683. The van der Waals surface area contributed by atoms with Crippen molar-refractivity contribution in [2.45, 2.75) is 11.8 Å². The van der Waals surface area contributed by atoms with Crippen LogP contribution in [0, 0.1) is 0 Å². The third-order valence-corrected chi connectivity index (χ3v) is 3.43. The van der Waals surface area contributed by atoms with Gasteiger partial charge in [-0.1, -0.05) is 0 Å². The van der Waals surface area contributed by atoms with E-state index in [0.717, 1.165) is 0 Å². The minimum Gasteiger partial charge on any atom is -0.384 e. The summed E-state index contributed by atoms with van der Waals surface area (Å²) in [4.78, 5) is 4.03. The number of nitrogens with zero attached hydrogens (tertiary/aromatic N) is 1. The largest absolute Gasteiger partial charge is 0.384 e. The van der Waals surface area contributed by atoms with Crippen LogP contribution in [0.2, 0.25) is 0 Å². The number of ether oxygens (including phenoxy) is 1. The van der Waals surface area contributed by atoms with E-state index < -0.39 is 10.0 Å². The standard InChI is InChI=1S/C10H17N3O3S/c1-3-12-9-6-10(8-11-7-9)17(14,15)13-4-5-16-2/h6-8,12-13H,3-5H2,1-2H3. The molecule has 0 saturated heterocycles. The highest BCUT2D eigenvalue weighted by atomic mass is 32.2. The molecule has 0 fully saturated rings. The van der Waals surface area contributed by atoms with E-state index in [4.69, 9.17) is 4.74 Å². The Labute approximate surface area is 101 Å². The molecule has 6 nitrogen and oxygen atoms in total. The molecule has 0 aromatic carbocycles. The Hall–Kier alpha value is -1.18. The van der Waals surface area contributed by atoms with Crippen molar-refractivity contribution in [2.24, 2.45) is 0 Å². The molecule has 0 radical (unpaired) electrons. The molecule has 7 heteroatoms. The normalized spacial score (nSPS) is 11.4. The van der Waals surface area contributed by atoms with Gasteiger partial charge in [0, 0.05) is 26.4 Å². The van der Waals surface area contributed by atoms with E-state index in [1.165, 1.54) is 13.3 Å². The van der Waals surface area contributed by atoms with Crippen molar-refractivity contribution in [2.75, 3.05) is 32.1 Å². The molecule has 1 rings (SSSR count). The first kappa shape index (κ1) is 13.9. The lowest BCUT2D eigenvalue weighted by Crippen LogP contribution is -2.27. The summed E-state index contributed by atoms with van der Waals surface area (Å²) in [5, 5.41) is 3.01. The van der Waals surface area contributed by atoms with Crippen molar-refractivity contribution >= 4 is 15.7 Å². The zero-order chi connectivity index (χ0) is 12.7. The van der Waals surface area contributed by atoms with Crippen LogP contribution in [0.1, 0.15) is 6.92 Å². The van der Waals surface area contributed by atoms with Gasteiger partial charge in [-0.25, -0.2) is 13.1 Å². The molecule has 2 N–H and O–H groups in total. The van der Waals surface area contributed by atoms with Gasteiger partial charge in [0.2, 0.25) is 10.0 Å². The van der Waals surface area contributed by atoms with E-state index in [0.29, 0.717) is 18.8 Å². The number of hydrogen-bond donors (Lipinski definition) is 2. The minimum atomic E-state index is -3.51. The number of anilines is 1. The van der Waals surface area contributed by atoms with Crippen molar-refractivity contribution in [3.8, 4) is 0 Å². The molecule has 0 spiro atoms. The van der Waals surface area contributed by atoms with Gasteiger partial charge in [0.15, 0.2) is 0 Å². The lowest BCUT2D eigenvalue weighted by molar-refractivity contribution is 0.204. The van der Waals surface area contributed by atoms with Crippen LogP contribution in [0.3, 0.4) is 0 Å². The Morgan fingerprint density at radius 1 is 1.41 bits per heavy atom. The van der Waals surface area contributed by atoms with Crippen LogP contribution in [0.25, 0.3) is 0 Å². The van der Waals surface area contributed by atoms with Crippen LogP contribution >= 0.6 is 0 Å².